The van der Waals surface area contributed by atoms with E-state index in [9.17, 15) is 0 Å². The van der Waals surface area contributed by atoms with Gasteiger partial charge in [0, 0.05) is 73.0 Å². The lowest BCUT2D eigenvalue weighted by molar-refractivity contribution is 0.590. The molecule has 1 aliphatic carbocycles. The standard InChI is InChI=1S/C81H77N3O/c1-77(2,3)55-27-19-50(20-28-55)52-23-35-59(36-24-52)82(61-39-31-57(32-40-61)79(7,8)9)63-43-45-66-69(48-63)81(13,14)75-71(66)68-47-54-17-15-16-18-65(54)72-73-67-46-44-64(49-70(67)85-76(73)84(75)74(68)72)83(62-41-33-58(34-42-62)80(10,11)12)60-37-25-53(26-38-60)51-21-29-56(30-22-51)78(4,5)6/h15-49H,1-14H3. The van der Waals surface area contributed by atoms with E-state index in [-0.39, 0.29) is 21.7 Å². The Labute approximate surface area is 502 Å². The van der Waals surface area contributed by atoms with Crippen LogP contribution in [0, 0.1) is 0 Å². The molecule has 3 heterocycles. The van der Waals surface area contributed by atoms with Crippen LogP contribution in [-0.2, 0) is 27.1 Å². The molecule has 85 heavy (non-hydrogen) atoms. The number of fused-ring (bicyclic) bond motifs is 12. The van der Waals surface area contributed by atoms with E-state index in [1.165, 1.54) is 94.0 Å². The summed E-state index contributed by atoms with van der Waals surface area (Å²) < 4.78 is 9.95. The average Bonchev–Trinajstić information content (AvgIpc) is 1.54. The van der Waals surface area contributed by atoms with Crippen LogP contribution in [0.4, 0.5) is 34.1 Å². The van der Waals surface area contributed by atoms with Gasteiger partial charge in [-0.3, -0.25) is 4.40 Å². The SMILES string of the molecule is CC(C)(C)c1ccc(-c2ccc(N(c3ccc(C(C)(C)C)cc3)c3ccc4c(c3)C(C)(C)c3c-4c4cc5ccccc5c5c6c7ccc(N(c8ccc(-c9ccc(C(C)(C)C)cc9)cc8)c8ccc(C(C)(C)C)cc8)cc7oc6n3c45)cc2)cc1. The molecular weight excluding hydrogens is 1030 g/mol. The summed E-state index contributed by atoms with van der Waals surface area (Å²) in [7, 11) is 0. The van der Waals surface area contributed by atoms with Crippen molar-refractivity contribution < 1.29 is 4.42 Å². The van der Waals surface area contributed by atoms with Crippen molar-refractivity contribution in [1.29, 1.82) is 0 Å². The maximum absolute atomic E-state index is 7.45. The number of rotatable bonds is 8. The first-order chi connectivity index (χ1) is 40.4. The highest BCUT2D eigenvalue weighted by Crippen LogP contribution is 2.58. The molecule has 0 bridgehead atoms. The van der Waals surface area contributed by atoms with Crippen LogP contribution in [0.5, 0.6) is 0 Å². The first-order valence-electron chi connectivity index (χ1n) is 30.5. The molecule has 0 aliphatic heterocycles. The van der Waals surface area contributed by atoms with Gasteiger partial charge in [0.15, 0.2) is 0 Å². The van der Waals surface area contributed by atoms with Crippen molar-refractivity contribution in [3.05, 3.63) is 246 Å². The zero-order valence-electron chi connectivity index (χ0n) is 52.0. The molecule has 0 unspecified atom stereocenters. The predicted octanol–water partition coefficient (Wildman–Crippen LogP) is 23.4. The average molecular weight is 1110 g/mol. The Morgan fingerprint density at radius 2 is 0.753 bits per heavy atom. The molecule has 1 aliphatic rings. The molecule has 3 aromatic heterocycles. The molecule has 0 atom stereocenters. The molecule has 10 aromatic carbocycles. The minimum Gasteiger partial charge on any atom is -0.439 e. The lowest BCUT2D eigenvalue weighted by Crippen LogP contribution is -2.19. The molecule has 0 amide bonds. The van der Waals surface area contributed by atoms with E-state index in [2.05, 4.69) is 323 Å². The molecule has 4 heteroatoms. The lowest BCUT2D eigenvalue weighted by atomic mass is 9.85. The number of benzene rings is 10. The highest BCUT2D eigenvalue weighted by atomic mass is 16.3. The molecule has 0 saturated heterocycles. The van der Waals surface area contributed by atoms with Crippen LogP contribution < -0.4 is 9.80 Å². The van der Waals surface area contributed by atoms with Crippen LogP contribution >= 0.6 is 0 Å². The Balaban J connectivity index is 0.906. The number of anilines is 6. The van der Waals surface area contributed by atoms with Gasteiger partial charge < -0.3 is 14.2 Å². The van der Waals surface area contributed by atoms with Gasteiger partial charge >= 0.3 is 0 Å². The van der Waals surface area contributed by atoms with Gasteiger partial charge in [-0.2, -0.15) is 0 Å². The van der Waals surface area contributed by atoms with Crippen molar-refractivity contribution >= 4 is 83.3 Å². The molecular formula is C81H77N3O. The first-order valence-corrected chi connectivity index (χ1v) is 30.5. The summed E-state index contributed by atoms with van der Waals surface area (Å²) in [5.41, 5.74) is 24.6. The van der Waals surface area contributed by atoms with Gasteiger partial charge in [-0.1, -0.05) is 224 Å². The van der Waals surface area contributed by atoms with Crippen LogP contribution in [0.2, 0.25) is 0 Å². The third-order valence-electron chi connectivity index (χ3n) is 18.5. The maximum Gasteiger partial charge on any atom is 0.213 e. The Hall–Kier alpha value is -8.86. The molecule has 14 rings (SSSR count). The van der Waals surface area contributed by atoms with Crippen LogP contribution in [0.25, 0.3) is 82.5 Å². The lowest BCUT2D eigenvalue weighted by Gasteiger charge is -2.29. The third kappa shape index (κ3) is 8.93. The summed E-state index contributed by atoms with van der Waals surface area (Å²) in [6.45, 7) is 32.1. The topological polar surface area (TPSA) is 24.0 Å². The second kappa shape index (κ2) is 19.1. The summed E-state index contributed by atoms with van der Waals surface area (Å²) in [6, 6.07) is 80.0. The molecule has 13 aromatic rings. The Morgan fingerprint density at radius 3 is 1.21 bits per heavy atom. The number of nitrogens with zero attached hydrogens (tertiary/aromatic N) is 3. The molecule has 0 N–H and O–H groups in total. The van der Waals surface area contributed by atoms with E-state index in [0.717, 1.165) is 56.2 Å². The summed E-state index contributed by atoms with van der Waals surface area (Å²) in [6.07, 6.45) is 0. The van der Waals surface area contributed by atoms with Crippen LogP contribution in [0.15, 0.2) is 217 Å². The minimum atomic E-state index is -0.406. The summed E-state index contributed by atoms with van der Waals surface area (Å²) >= 11 is 0. The molecule has 0 radical (unpaired) electrons. The van der Waals surface area contributed by atoms with Gasteiger partial charge in [-0.05, 0) is 167 Å². The van der Waals surface area contributed by atoms with Gasteiger partial charge in [-0.25, -0.2) is 0 Å². The van der Waals surface area contributed by atoms with Crippen molar-refractivity contribution in [2.45, 2.75) is 124 Å². The monoisotopic (exact) mass is 1110 g/mol. The van der Waals surface area contributed by atoms with Gasteiger partial charge in [-0.15, -0.1) is 0 Å². The quantitative estimate of drug-likeness (QED) is 0.152. The highest BCUT2D eigenvalue weighted by molar-refractivity contribution is 6.33. The van der Waals surface area contributed by atoms with Crippen molar-refractivity contribution in [2.75, 3.05) is 9.80 Å². The second-order valence-corrected chi connectivity index (χ2v) is 28.8. The van der Waals surface area contributed by atoms with E-state index in [1.54, 1.807) is 0 Å². The summed E-state index contributed by atoms with van der Waals surface area (Å²) in [4.78, 5) is 4.81. The number of aromatic nitrogens is 1. The van der Waals surface area contributed by atoms with Crippen molar-refractivity contribution in [2.24, 2.45) is 0 Å². The largest absolute Gasteiger partial charge is 0.439 e. The van der Waals surface area contributed by atoms with E-state index in [4.69, 9.17) is 4.42 Å². The Kier molecular flexibility index (Phi) is 12.1. The number of furan rings is 1. The molecule has 0 spiro atoms. The van der Waals surface area contributed by atoms with Crippen molar-refractivity contribution in [3.63, 3.8) is 0 Å². The van der Waals surface area contributed by atoms with E-state index in [1.807, 2.05) is 0 Å². The number of hydrogen-bond acceptors (Lipinski definition) is 3. The fourth-order valence-electron chi connectivity index (χ4n) is 13.6. The van der Waals surface area contributed by atoms with E-state index in [0.29, 0.717) is 0 Å². The fraction of sp³-hybridized carbons (Fsp3) is 0.235. The highest BCUT2D eigenvalue weighted by Gasteiger charge is 2.43. The smallest absolute Gasteiger partial charge is 0.213 e. The maximum atomic E-state index is 7.45. The first kappa shape index (κ1) is 54.1. The summed E-state index contributed by atoms with van der Waals surface area (Å²) in [5.74, 6) is 0. The van der Waals surface area contributed by atoms with Gasteiger partial charge in [0.25, 0.3) is 0 Å². The summed E-state index contributed by atoms with van der Waals surface area (Å²) in [5, 5.41) is 7.25. The fourth-order valence-corrected chi connectivity index (χ4v) is 13.6. The minimum absolute atomic E-state index is 0.0245. The Morgan fingerprint density at radius 1 is 0.365 bits per heavy atom. The van der Waals surface area contributed by atoms with E-state index < -0.39 is 5.41 Å². The zero-order chi connectivity index (χ0) is 59.3. The Bertz CT molecular complexity index is 4700. The molecule has 422 valence electrons. The van der Waals surface area contributed by atoms with Gasteiger partial charge in [0.2, 0.25) is 5.71 Å². The normalized spacial score (nSPS) is 13.6. The van der Waals surface area contributed by atoms with Crippen molar-refractivity contribution in [3.8, 4) is 33.4 Å². The van der Waals surface area contributed by atoms with E-state index >= 15 is 0 Å². The molecule has 4 nitrogen and oxygen atoms in total. The molecule has 0 fully saturated rings. The third-order valence-corrected chi connectivity index (χ3v) is 18.5. The predicted molar refractivity (Wildman–Crippen MR) is 363 cm³/mol. The van der Waals surface area contributed by atoms with Gasteiger partial charge in [0.05, 0.1) is 10.9 Å². The van der Waals surface area contributed by atoms with Gasteiger partial charge in [0.1, 0.15) is 5.58 Å². The number of hydrogen-bond donors (Lipinski definition) is 0. The molecule has 0 saturated carbocycles. The van der Waals surface area contributed by atoms with Crippen molar-refractivity contribution in [1.82, 2.24) is 4.40 Å². The van der Waals surface area contributed by atoms with Crippen LogP contribution in [-0.4, -0.2) is 4.40 Å². The van der Waals surface area contributed by atoms with Crippen LogP contribution in [0.1, 0.15) is 130 Å². The second-order valence-electron chi connectivity index (χ2n) is 28.8. The zero-order valence-corrected chi connectivity index (χ0v) is 52.0. The van der Waals surface area contributed by atoms with Crippen LogP contribution in [0.3, 0.4) is 0 Å².